The number of benzene rings is 1. The molecule has 144 valence electrons. The van der Waals surface area contributed by atoms with Gasteiger partial charge in [-0.2, -0.15) is 0 Å². The van der Waals surface area contributed by atoms with Crippen LogP contribution in [0.1, 0.15) is 76.8 Å². The van der Waals surface area contributed by atoms with E-state index in [0.717, 1.165) is 31.2 Å². The first-order chi connectivity index (χ1) is 12.8. The van der Waals surface area contributed by atoms with E-state index in [4.69, 9.17) is 0 Å². The second-order valence-electron chi connectivity index (χ2n) is 8.13. The third kappa shape index (κ3) is 4.24. The number of hydrogen-bond acceptors (Lipinski definition) is 3. The molecule has 5 heteroatoms. The van der Waals surface area contributed by atoms with Gasteiger partial charge in [0.1, 0.15) is 5.00 Å². The molecule has 0 atom stereocenters. The molecule has 0 radical (unpaired) electrons. The van der Waals surface area contributed by atoms with Gasteiger partial charge in [0, 0.05) is 17.5 Å². The number of fused-ring (bicyclic) bond motifs is 1. The van der Waals surface area contributed by atoms with Crippen LogP contribution in [0.15, 0.2) is 24.3 Å². The summed E-state index contributed by atoms with van der Waals surface area (Å²) in [4.78, 5) is 26.5. The first-order valence-electron chi connectivity index (χ1n) is 9.59. The molecule has 1 aliphatic carbocycles. The minimum Gasteiger partial charge on any atom is -0.355 e. The number of rotatable bonds is 3. The number of amides is 2. The van der Waals surface area contributed by atoms with Gasteiger partial charge in [-0.25, -0.2) is 0 Å². The van der Waals surface area contributed by atoms with Crippen molar-refractivity contribution in [2.75, 3.05) is 12.4 Å². The van der Waals surface area contributed by atoms with Gasteiger partial charge in [0.2, 0.25) is 0 Å². The number of carbonyl (C=O) groups is 2. The molecule has 2 N–H and O–H groups in total. The topological polar surface area (TPSA) is 58.2 Å². The van der Waals surface area contributed by atoms with Gasteiger partial charge in [0.25, 0.3) is 11.8 Å². The van der Waals surface area contributed by atoms with Gasteiger partial charge in [-0.15, -0.1) is 11.3 Å². The van der Waals surface area contributed by atoms with E-state index in [1.54, 1.807) is 18.4 Å². The lowest BCUT2D eigenvalue weighted by atomic mass is 9.87. The Bertz CT molecular complexity index is 844. The summed E-state index contributed by atoms with van der Waals surface area (Å²) in [6.07, 6.45) is 5.32. The van der Waals surface area contributed by atoms with E-state index >= 15 is 0 Å². The fourth-order valence-electron chi connectivity index (χ4n) is 3.49. The molecule has 2 amide bonds. The normalized spacial score (nSPS) is 14.2. The average Bonchev–Trinajstić information content (AvgIpc) is 2.81. The van der Waals surface area contributed by atoms with Gasteiger partial charge in [-0.3, -0.25) is 9.59 Å². The molecular weight excluding hydrogens is 356 g/mol. The van der Waals surface area contributed by atoms with Crippen molar-refractivity contribution in [1.29, 1.82) is 0 Å². The van der Waals surface area contributed by atoms with Crippen molar-refractivity contribution in [2.24, 2.45) is 0 Å². The van der Waals surface area contributed by atoms with E-state index in [1.165, 1.54) is 16.9 Å². The van der Waals surface area contributed by atoms with Crippen LogP contribution in [0.25, 0.3) is 0 Å². The monoisotopic (exact) mass is 384 g/mol. The molecule has 0 bridgehead atoms. The fraction of sp³-hybridized carbons (Fsp3) is 0.455. The number of hydrogen-bond donors (Lipinski definition) is 2. The summed E-state index contributed by atoms with van der Waals surface area (Å²) in [5, 5.41) is 6.40. The Labute approximate surface area is 165 Å². The molecular formula is C22H28N2O2S. The maximum atomic E-state index is 12.8. The lowest BCUT2D eigenvalue weighted by Gasteiger charge is -2.19. The number of anilines is 1. The van der Waals surface area contributed by atoms with E-state index in [2.05, 4.69) is 31.4 Å². The van der Waals surface area contributed by atoms with Gasteiger partial charge in [0.15, 0.2) is 0 Å². The van der Waals surface area contributed by atoms with Crippen LogP contribution in [0.2, 0.25) is 0 Å². The highest BCUT2D eigenvalue weighted by molar-refractivity contribution is 7.17. The summed E-state index contributed by atoms with van der Waals surface area (Å²) in [7, 11) is 1.64. The molecule has 0 saturated heterocycles. The zero-order valence-corrected chi connectivity index (χ0v) is 17.4. The molecule has 27 heavy (non-hydrogen) atoms. The minimum absolute atomic E-state index is 0.0483. The molecule has 1 aliphatic rings. The lowest BCUT2D eigenvalue weighted by molar-refractivity contribution is 0.0963. The zero-order valence-electron chi connectivity index (χ0n) is 16.6. The van der Waals surface area contributed by atoms with Gasteiger partial charge in [-0.1, -0.05) is 39.3 Å². The molecule has 0 spiro atoms. The Kier molecular flexibility index (Phi) is 5.70. The van der Waals surface area contributed by atoms with E-state index in [0.29, 0.717) is 16.1 Å². The number of nitrogens with one attached hydrogen (secondary N) is 2. The Balaban J connectivity index is 1.88. The SMILES string of the molecule is CNC(=O)c1c(NC(=O)c2ccc(C(C)(C)C)cc2)sc2c1CCCCC2. The predicted octanol–water partition coefficient (Wildman–Crippen LogP) is 4.93. The van der Waals surface area contributed by atoms with Crippen molar-refractivity contribution in [3.8, 4) is 0 Å². The third-order valence-corrected chi connectivity index (χ3v) is 6.32. The van der Waals surface area contributed by atoms with Gasteiger partial charge >= 0.3 is 0 Å². The van der Waals surface area contributed by atoms with E-state index in [-0.39, 0.29) is 17.2 Å². The average molecular weight is 385 g/mol. The van der Waals surface area contributed by atoms with Crippen LogP contribution in [0.5, 0.6) is 0 Å². The van der Waals surface area contributed by atoms with Gasteiger partial charge in [-0.05, 0) is 54.4 Å². The fourth-order valence-corrected chi connectivity index (χ4v) is 4.77. The number of thiophene rings is 1. The summed E-state index contributed by atoms with van der Waals surface area (Å²) >= 11 is 1.56. The molecule has 1 heterocycles. The van der Waals surface area contributed by atoms with Crippen molar-refractivity contribution in [2.45, 2.75) is 58.3 Å². The van der Waals surface area contributed by atoms with Crippen molar-refractivity contribution in [3.05, 3.63) is 51.4 Å². The van der Waals surface area contributed by atoms with Gasteiger partial charge < -0.3 is 10.6 Å². The van der Waals surface area contributed by atoms with Crippen LogP contribution in [0.4, 0.5) is 5.00 Å². The highest BCUT2D eigenvalue weighted by Crippen LogP contribution is 2.37. The lowest BCUT2D eigenvalue weighted by Crippen LogP contribution is -2.21. The zero-order chi connectivity index (χ0) is 19.6. The van der Waals surface area contributed by atoms with Crippen LogP contribution in [-0.2, 0) is 18.3 Å². The van der Waals surface area contributed by atoms with Crippen molar-refractivity contribution in [1.82, 2.24) is 5.32 Å². The van der Waals surface area contributed by atoms with Gasteiger partial charge in [0.05, 0.1) is 5.56 Å². The van der Waals surface area contributed by atoms with Crippen LogP contribution < -0.4 is 10.6 Å². The molecule has 4 nitrogen and oxygen atoms in total. The molecule has 3 rings (SSSR count). The Hall–Kier alpha value is -2.14. The Morgan fingerprint density at radius 3 is 2.26 bits per heavy atom. The van der Waals surface area contributed by atoms with Crippen LogP contribution in [0.3, 0.4) is 0 Å². The van der Waals surface area contributed by atoms with Crippen LogP contribution in [0, 0.1) is 0 Å². The smallest absolute Gasteiger partial charge is 0.256 e. The second kappa shape index (κ2) is 7.85. The quantitative estimate of drug-likeness (QED) is 0.738. The third-order valence-electron chi connectivity index (χ3n) is 5.12. The Morgan fingerprint density at radius 1 is 0.963 bits per heavy atom. The first kappa shape index (κ1) is 19.6. The number of aryl methyl sites for hydroxylation is 1. The Morgan fingerprint density at radius 2 is 1.63 bits per heavy atom. The van der Waals surface area contributed by atoms with Crippen LogP contribution in [-0.4, -0.2) is 18.9 Å². The van der Waals surface area contributed by atoms with E-state index in [1.807, 2.05) is 24.3 Å². The first-order valence-corrected chi connectivity index (χ1v) is 10.4. The molecule has 0 unspecified atom stereocenters. The van der Waals surface area contributed by atoms with Crippen molar-refractivity contribution < 1.29 is 9.59 Å². The summed E-state index contributed by atoms with van der Waals surface area (Å²) in [5.41, 5.74) is 3.61. The largest absolute Gasteiger partial charge is 0.355 e. The predicted molar refractivity (Wildman–Crippen MR) is 112 cm³/mol. The highest BCUT2D eigenvalue weighted by atomic mass is 32.1. The summed E-state index contributed by atoms with van der Waals surface area (Å²) in [6, 6.07) is 7.71. The summed E-state index contributed by atoms with van der Waals surface area (Å²) in [5.74, 6) is -0.287. The molecule has 1 aromatic heterocycles. The van der Waals surface area contributed by atoms with Crippen molar-refractivity contribution >= 4 is 28.2 Å². The highest BCUT2D eigenvalue weighted by Gasteiger charge is 2.25. The van der Waals surface area contributed by atoms with E-state index < -0.39 is 0 Å². The maximum Gasteiger partial charge on any atom is 0.256 e. The molecule has 0 saturated carbocycles. The van der Waals surface area contributed by atoms with Crippen molar-refractivity contribution in [3.63, 3.8) is 0 Å². The summed E-state index contributed by atoms with van der Waals surface area (Å²) in [6.45, 7) is 6.45. The number of carbonyl (C=O) groups excluding carboxylic acids is 2. The summed E-state index contributed by atoms with van der Waals surface area (Å²) < 4.78 is 0. The standard InChI is InChI=1S/C22H28N2O2S/c1-22(2,3)15-12-10-14(11-13-15)19(25)24-21-18(20(26)23-4)16-8-6-5-7-9-17(16)27-21/h10-13H,5-9H2,1-4H3,(H,23,26)(H,24,25). The van der Waals surface area contributed by atoms with E-state index in [9.17, 15) is 9.59 Å². The minimum atomic E-state index is -0.169. The maximum absolute atomic E-state index is 12.8. The second-order valence-corrected chi connectivity index (χ2v) is 9.23. The molecule has 2 aromatic rings. The molecule has 1 aromatic carbocycles. The molecule has 0 fully saturated rings. The van der Waals surface area contributed by atoms with Crippen LogP contribution >= 0.6 is 11.3 Å². The molecule has 0 aliphatic heterocycles.